The predicted molar refractivity (Wildman–Crippen MR) is 161 cm³/mol. The number of amides is 1. The van der Waals surface area contributed by atoms with Crippen LogP contribution < -0.4 is 15.0 Å². The molecule has 1 amide bonds. The molecule has 228 valence electrons. The van der Waals surface area contributed by atoms with Crippen LogP contribution in [0.5, 0.6) is 5.75 Å². The minimum absolute atomic E-state index is 0.0488. The quantitative estimate of drug-likeness (QED) is 0.327. The third-order valence-corrected chi connectivity index (χ3v) is 9.89. The highest BCUT2D eigenvalue weighted by Gasteiger charge is 2.40. The third kappa shape index (κ3) is 5.72. The zero-order valence-corrected chi connectivity index (χ0v) is 24.7. The number of aromatic nitrogens is 2. The molecule has 0 spiro atoms. The first kappa shape index (κ1) is 28.6. The summed E-state index contributed by atoms with van der Waals surface area (Å²) in [6, 6.07) is 16.2. The zero-order valence-electron chi connectivity index (χ0n) is 23.9. The Labute approximate surface area is 254 Å². The largest absolute Gasteiger partial charge is 0.490 e. The normalized spacial score (nSPS) is 18.4. The van der Waals surface area contributed by atoms with Crippen LogP contribution in [-0.2, 0) is 38.9 Å². The predicted octanol–water partition coefficient (Wildman–Crippen LogP) is 4.07. The number of pyridine rings is 2. The lowest BCUT2D eigenvalue weighted by atomic mass is 10.0. The van der Waals surface area contributed by atoms with Gasteiger partial charge in [-0.2, -0.15) is 0 Å². The summed E-state index contributed by atoms with van der Waals surface area (Å²) >= 11 is 0. The van der Waals surface area contributed by atoms with Crippen molar-refractivity contribution in [2.75, 3.05) is 43.6 Å². The van der Waals surface area contributed by atoms with Crippen molar-refractivity contribution in [3.63, 3.8) is 0 Å². The second-order valence-corrected chi connectivity index (χ2v) is 13.5. The number of hydrogen-bond donors (Lipinski definition) is 1. The molecule has 2 aromatic carbocycles. The number of rotatable bonds is 7. The van der Waals surface area contributed by atoms with Gasteiger partial charge in [0.1, 0.15) is 18.2 Å². The molecule has 4 aromatic rings. The van der Waals surface area contributed by atoms with Crippen LogP contribution in [0, 0.1) is 0 Å². The molecule has 3 aliphatic heterocycles. The number of sulfone groups is 1. The summed E-state index contributed by atoms with van der Waals surface area (Å²) in [6.07, 6.45) is 3.61. The number of fused-ring (bicyclic) bond motifs is 3. The highest BCUT2D eigenvalue weighted by molar-refractivity contribution is 7.91. The number of hydrogen-bond acceptors (Lipinski definition) is 9. The fourth-order valence-corrected chi connectivity index (χ4v) is 7.02. The van der Waals surface area contributed by atoms with E-state index < -0.39 is 21.4 Å². The molecule has 10 nitrogen and oxygen atoms in total. The van der Waals surface area contributed by atoms with E-state index in [1.54, 1.807) is 18.3 Å². The van der Waals surface area contributed by atoms with Gasteiger partial charge in [0.25, 0.3) is 5.91 Å². The summed E-state index contributed by atoms with van der Waals surface area (Å²) in [5.41, 5.74) is 2.86. The maximum Gasteiger partial charge on any atom is 0.251 e. The van der Waals surface area contributed by atoms with E-state index >= 15 is 0 Å². The molecule has 12 heteroatoms. The summed E-state index contributed by atoms with van der Waals surface area (Å²) in [5, 5.41) is 3.70. The van der Waals surface area contributed by atoms with Gasteiger partial charge in [-0.05, 0) is 60.4 Å². The molecule has 1 N–H and O–H groups in total. The lowest BCUT2D eigenvalue weighted by Crippen LogP contribution is -2.50. The van der Waals surface area contributed by atoms with Crippen molar-refractivity contribution < 1.29 is 31.8 Å². The highest BCUT2D eigenvalue weighted by atomic mass is 32.2. The van der Waals surface area contributed by atoms with Gasteiger partial charge in [-0.25, -0.2) is 17.8 Å². The number of halogens is 1. The first-order valence-corrected chi connectivity index (χ1v) is 16.2. The third-order valence-electron chi connectivity index (χ3n) is 8.13. The van der Waals surface area contributed by atoms with Crippen LogP contribution in [0.4, 0.5) is 15.9 Å². The van der Waals surface area contributed by atoms with Gasteiger partial charge in [-0.3, -0.25) is 9.78 Å². The first-order chi connectivity index (χ1) is 21.3. The fraction of sp³-hybridized carbons (Fsp3) is 0.344. The molecule has 0 unspecified atom stereocenters. The lowest BCUT2D eigenvalue weighted by molar-refractivity contribution is -0.146. The maximum absolute atomic E-state index is 14.4. The van der Waals surface area contributed by atoms with E-state index in [0.29, 0.717) is 17.0 Å². The van der Waals surface area contributed by atoms with Gasteiger partial charge in [-0.1, -0.05) is 12.1 Å². The van der Waals surface area contributed by atoms with Gasteiger partial charge in [0.2, 0.25) is 0 Å². The average Bonchev–Trinajstić information content (AvgIpc) is 3.18. The number of benzene rings is 2. The van der Waals surface area contributed by atoms with Gasteiger partial charge < -0.3 is 24.4 Å². The number of carbonyl (C=O) groups is 1. The Hall–Kier alpha value is -4.13. The van der Waals surface area contributed by atoms with Crippen molar-refractivity contribution in [1.82, 2.24) is 15.3 Å². The summed E-state index contributed by atoms with van der Waals surface area (Å²) in [7, 11) is -3.52. The Bertz CT molecular complexity index is 1860. The Balaban J connectivity index is 1.08. The number of nitrogens with one attached hydrogen (secondary N) is 1. The smallest absolute Gasteiger partial charge is 0.251 e. The van der Waals surface area contributed by atoms with Crippen LogP contribution in [0.2, 0.25) is 0 Å². The molecule has 2 aromatic heterocycles. The Morgan fingerprint density at radius 1 is 1.07 bits per heavy atom. The number of alkyl halides is 1. The number of nitrogens with zero attached hydrogens (tertiary/aromatic N) is 3. The standard InChI is InChI=1S/C32H31FN4O6S/c33-32(18-42-19-32)20-43-26-7-5-21-2-1-9-37(28(21)14-26)30-8-6-23-15-34-25(13-27(23)36-30)16-35-31(38)22-3-4-24-17-41-10-11-44(39,40)29(24)12-22/h3-8,12-15H,1-2,9-11,16-20H2,(H,35,38). The van der Waals surface area contributed by atoms with Crippen LogP contribution >= 0.6 is 0 Å². The maximum atomic E-state index is 14.4. The molecular formula is C32H31FN4O6S. The van der Waals surface area contributed by atoms with Crippen molar-refractivity contribution in [3.05, 3.63) is 83.2 Å². The SMILES string of the molecule is O=C(NCc1cc2nc(N3CCCc4ccc(OCC5(F)COC5)cc43)ccc2cn1)c1ccc2c(c1)S(=O)(=O)CCOC2. The molecule has 7 rings (SSSR count). The lowest BCUT2D eigenvalue weighted by Gasteiger charge is -2.34. The molecule has 0 saturated carbocycles. The van der Waals surface area contributed by atoms with Crippen molar-refractivity contribution in [3.8, 4) is 5.75 Å². The van der Waals surface area contributed by atoms with Gasteiger partial charge in [0, 0.05) is 35.4 Å². The van der Waals surface area contributed by atoms with Crippen molar-refractivity contribution in [1.29, 1.82) is 0 Å². The minimum atomic E-state index is -3.52. The van der Waals surface area contributed by atoms with E-state index in [-0.39, 0.29) is 55.8 Å². The first-order valence-electron chi connectivity index (χ1n) is 14.5. The number of ether oxygens (including phenoxy) is 3. The van der Waals surface area contributed by atoms with E-state index in [2.05, 4.69) is 15.2 Å². The molecule has 0 aliphatic carbocycles. The van der Waals surface area contributed by atoms with Crippen LogP contribution in [0.25, 0.3) is 10.9 Å². The van der Waals surface area contributed by atoms with Gasteiger partial charge in [-0.15, -0.1) is 0 Å². The second-order valence-electron chi connectivity index (χ2n) is 11.4. The molecule has 1 fully saturated rings. The molecular weight excluding hydrogens is 587 g/mol. The van der Waals surface area contributed by atoms with Crippen LogP contribution in [-0.4, -0.2) is 68.7 Å². The van der Waals surface area contributed by atoms with Gasteiger partial charge in [0.05, 0.1) is 54.8 Å². The summed E-state index contributed by atoms with van der Waals surface area (Å²) in [5.74, 6) is 0.849. The van der Waals surface area contributed by atoms with E-state index in [4.69, 9.17) is 19.2 Å². The molecule has 0 atom stereocenters. The number of anilines is 2. The summed E-state index contributed by atoms with van der Waals surface area (Å²) < 4.78 is 55.8. The van der Waals surface area contributed by atoms with E-state index in [1.165, 1.54) is 11.6 Å². The van der Waals surface area contributed by atoms with E-state index in [1.807, 2.05) is 36.4 Å². The van der Waals surface area contributed by atoms with Crippen molar-refractivity contribution in [2.24, 2.45) is 0 Å². The Morgan fingerprint density at radius 2 is 1.93 bits per heavy atom. The average molecular weight is 619 g/mol. The Kier molecular flexibility index (Phi) is 7.43. The molecule has 3 aliphatic rings. The molecule has 1 saturated heterocycles. The second kappa shape index (κ2) is 11.4. The molecule has 0 radical (unpaired) electrons. The molecule has 0 bridgehead atoms. The van der Waals surface area contributed by atoms with Crippen LogP contribution in [0.1, 0.15) is 33.6 Å². The highest BCUT2D eigenvalue weighted by Crippen LogP contribution is 2.36. The van der Waals surface area contributed by atoms with Gasteiger partial charge in [0.15, 0.2) is 15.5 Å². The number of aryl methyl sites for hydroxylation is 1. The zero-order chi connectivity index (χ0) is 30.3. The van der Waals surface area contributed by atoms with Crippen molar-refractivity contribution >= 4 is 38.2 Å². The monoisotopic (exact) mass is 618 g/mol. The molecule has 5 heterocycles. The van der Waals surface area contributed by atoms with Crippen LogP contribution in [0.15, 0.2) is 65.7 Å². The molecule has 44 heavy (non-hydrogen) atoms. The Morgan fingerprint density at radius 3 is 2.77 bits per heavy atom. The summed E-state index contributed by atoms with van der Waals surface area (Å²) in [4.78, 5) is 24.7. The number of carbonyl (C=O) groups excluding carboxylic acids is 1. The van der Waals surface area contributed by atoms with E-state index in [0.717, 1.165) is 41.8 Å². The van der Waals surface area contributed by atoms with Gasteiger partial charge >= 0.3 is 0 Å². The van der Waals surface area contributed by atoms with Crippen molar-refractivity contribution in [2.45, 2.75) is 36.6 Å². The topological polar surface area (TPSA) is 120 Å². The minimum Gasteiger partial charge on any atom is -0.490 e. The van der Waals surface area contributed by atoms with Crippen LogP contribution in [0.3, 0.4) is 0 Å². The van der Waals surface area contributed by atoms with E-state index in [9.17, 15) is 17.6 Å². The summed E-state index contributed by atoms with van der Waals surface area (Å²) in [6.45, 7) is 1.29. The fourth-order valence-electron chi connectivity index (χ4n) is 5.63.